The van der Waals surface area contributed by atoms with E-state index in [4.69, 9.17) is 0 Å². The van der Waals surface area contributed by atoms with Crippen molar-refractivity contribution in [2.75, 3.05) is 5.32 Å². The Balaban J connectivity index is 1.19. The molecule has 35 heavy (non-hydrogen) atoms. The lowest BCUT2D eigenvalue weighted by molar-refractivity contribution is 0.102. The van der Waals surface area contributed by atoms with Crippen molar-refractivity contribution >= 4 is 45.4 Å². The molecule has 6 rings (SSSR count). The van der Waals surface area contributed by atoms with E-state index in [1.807, 2.05) is 75.2 Å². The van der Waals surface area contributed by atoms with Crippen LogP contribution in [0.1, 0.15) is 16.1 Å². The smallest absolute Gasteiger partial charge is 0.256 e. The Morgan fingerprint density at radius 2 is 1.83 bits per heavy atom. The van der Waals surface area contributed by atoms with Crippen LogP contribution in [0.5, 0.6) is 0 Å². The van der Waals surface area contributed by atoms with Gasteiger partial charge in [-0.3, -0.25) is 9.20 Å². The number of hydrogen-bond acceptors (Lipinski definition) is 5. The number of carbonyl (C=O) groups is 1. The van der Waals surface area contributed by atoms with E-state index >= 15 is 0 Å². The van der Waals surface area contributed by atoms with Crippen LogP contribution in [0, 0.1) is 5.82 Å². The molecule has 4 aromatic heterocycles. The molecular formula is C26H18FN5OS2. The number of nitrogens with one attached hydrogen (secondary N) is 1. The number of aromatic nitrogens is 4. The number of pyridine rings is 1. The van der Waals surface area contributed by atoms with Gasteiger partial charge in [0.05, 0.1) is 5.69 Å². The van der Waals surface area contributed by atoms with Crippen LogP contribution >= 0.6 is 23.1 Å². The van der Waals surface area contributed by atoms with Gasteiger partial charge in [0, 0.05) is 45.7 Å². The number of halogens is 1. The first-order chi connectivity index (χ1) is 17.1. The first-order valence-corrected chi connectivity index (χ1v) is 12.7. The number of carbonyl (C=O) groups excluding carboxylic acids is 1. The van der Waals surface area contributed by atoms with Crippen molar-refractivity contribution in [3.8, 4) is 11.3 Å². The SMILES string of the molecule is O=C(Nc1c(-c2ccc(F)cc2)nc2sccn12)c1ccc(SCc2cn3ccccc3n2)cc1. The summed E-state index contributed by atoms with van der Waals surface area (Å²) in [7, 11) is 0. The predicted molar refractivity (Wildman–Crippen MR) is 138 cm³/mol. The molecule has 1 N–H and O–H groups in total. The maximum Gasteiger partial charge on any atom is 0.256 e. The molecule has 0 aliphatic rings. The zero-order valence-electron chi connectivity index (χ0n) is 18.3. The minimum absolute atomic E-state index is 0.238. The average Bonchev–Trinajstić information content (AvgIpc) is 3.59. The van der Waals surface area contributed by atoms with Crippen molar-refractivity contribution in [1.29, 1.82) is 0 Å². The highest BCUT2D eigenvalue weighted by molar-refractivity contribution is 7.98. The standard InChI is InChI=1S/C26H18FN5OS2/c27-19-8-4-17(5-9-19)23-24(32-13-14-34-26(32)29-23)30-25(33)18-6-10-21(11-7-18)35-16-20-15-31-12-2-1-3-22(31)28-20/h1-15H,16H2,(H,30,33). The topological polar surface area (TPSA) is 63.7 Å². The highest BCUT2D eigenvalue weighted by Crippen LogP contribution is 2.31. The van der Waals surface area contributed by atoms with Crippen molar-refractivity contribution in [1.82, 2.24) is 18.8 Å². The summed E-state index contributed by atoms with van der Waals surface area (Å²) in [6.07, 6.45) is 5.87. The van der Waals surface area contributed by atoms with Crippen LogP contribution in [-0.2, 0) is 5.75 Å². The molecule has 0 bridgehead atoms. The third-order valence-electron chi connectivity index (χ3n) is 5.53. The minimum Gasteiger partial charge on any atom is -0.307 e. The maximum atomic E-state index is 13.4. The van der Waals surface area contributed by atoms with Crippen LogP contribution in [0.2, 0.25) is 0 Å². The van der Waals surface area contributed by atoms with Crippen molar-refractivity contribution in [2.45, 2.75) is 10.6 Å². The van der Waals surface area contributed by atoms with Crippen LogP contribution < -0.4 is 5.32 Å². The van der Waals surface area contributed by atoms with Gasteiger partial charge in [0.25, 0.3) is 5.91 Å². The summed E-state index contributed by atoms with van der Waals surface area (Å²) in [6.45, 7) is 0. The lowest BCUT2D eigenvalue weighted by atomic mass is 10.1. The second-order valence-corrected chi connectivity index (χ2v) is 9.76. The Labute approximate surface area is 208 Å². The molecule has 0 atom stereocenters. The van der Waals surface area contributed by atoms with Gasteiger partial charge in [0.15, 0.2) is 4.96 Å². The molecule has 2 aromatic carbocycles. The molecule has 172 valence electrons. The van der Waals surface area contributed by atoms with E-state index in [1.54, 1.807) is 23.9 Å². The number of anilines is 1. The molecule has 0 saturated carbocycles. The number of benzene rings is 2. The molecule has 6 aromatic rings. The third-order valence-corrected chi connectivity index (χ3v) is 7.33. The summed E-state index contributed by atoms with van der Waals surface area (Å²) >= 11 is 3.13. The van der Waals surface area contributed by atoms with E-state index in [9.17, 15) is 9.18 Å². The van der Waals surface area contributed by atoms with Gasteiger partial charge in [-0.25, -0.2) is 14.4 Å². The first kappa shape index (κ1) is 21.6. The molecule has 0 unspecified atom stereocenters. The Kier molecular flexibility index (Phi) is 5.55. The van der Waals surface area contributed by atoms with Crippen molar-refractivity contribution in [3.05, 3.63) is 108 Å². The van der Waals surface area contributed by atoms with Crippen molar-refractivity contribution in [2.24, 2.45) is 0 Å². The Morgan fingerprint density at radius 1 is 1.00 bits per heavy atom. The maximum absolute atomic E-state index is 13.4. The van der Waals surface area contributed by atoms with Crippen LogP contribution in [0.15, 0.2) is 95.6 Å². The molecule has 0 aliphatic carbocycles. The first-order valence-electron chi connectivity index (χ1n) is 10.8. The van der Waals surface area contributed by atoms with Crippen LogP contribution in [0.4, 0.5) is 10.2 Å². The molecular weight excluding hydrogens is 481 g/mol. The van der Waals surface area contributed by atoms with Crippen LogP contribution in [0.25, 0.3) is 21.9 Å². The Bertz CT molecular complexity index is 1620. The van der Waals surface area contributed by atoms with Gasteiger partial charge in [-0.2, -0.15) is 0 Å². The van der Waals surface area contributed by atoms with Gasteiger partial charge in [0.1, 0.15) is 23.0 Å². The van der Waals surface area contributed by atoms with Gasteiger partial charge in [-0.1, -0.05) is 6.07 Å². The van der Waals surface area contributed by atoms with E-state index in [-0.39, 0.29) is 11.7 Å². The Hall–Kier alpha value is -3.95. The van der Waals surface area contributed by atoms with Crippen molar-refractivity contribution in [3.63, 3.8) is 0 Å². The lowest BCUT2D eigenvalue weighted by Crippen LogP contribution is -2.13. The summed E-state index contributed by atoms with van der Waals surface area (Å²) < 4.78 is 17.3. The van der Waals surface area contributed by atoms with E-state index in [0.717, 1.165) is 32.5 Å². The quantitative estimate of drug-likeness (QED) is 0.270. The molecule has 9 heteroatoms. The highest BCUT2D eigenvalue weighted by atomic mass is 32.2. The zero-order chi connectivity index (χ0) is 23.8. The number of thioether (sulfide) groups is 1. The predicted octanol–water partition coefficient (Wildman–Crippen LogP) is 6.39. The number of hydrogen-bond donors (Lipinski definition) is 1. The summed E-state index contributed by atoms with van der Waals surface area (Å²) in [4.78, 5) is 24.1. The van der Waals surface area contributed by atoms with E-state index in [2.05, 4.69) is 15.3 Å². The fraction of sp³-hybridized carbons (Fsp3) is 0.0385. The minimum atomic E-state index is -0.320. The number of thiazole rings is 1. The molecule has 0 aliphatic heterocycles. The molecule has 0 saturated heterocycles. The van der Waals surface area contributed by atoms with Gasteiger partial charge in [-0.15, -0.1) is 23.1 Å². The molecule has 0 spiro atoms. The molecule has 6 nitrogen and oxygen atoms in total. The van der Waals surface area contributed by atoms with E-state index in [0.29, 0.717) is 17.1 Å². The molecule has 0 radical (unpaired) electrons. The largest absolute Gasteiger partial charge is 0.307 e. The van der Waals surface area contributed by atoms with Gasteiger partial charge >= 0.3 is 0 Å². The summed E-state index contributed by atoms with van der Waals surface area (Å²) in [5.41, 5.74) is 3.80. The number of rotatable bonds is 6. The molecule has 0 fully saturated rings. The monoisotopic (exact) mass is 499 g/mol. The van der Waals surface area contributed by atoms with Crippen LogP contribution in [-0.4, -0.2) is 24.7 Å². The second-order valence-electron chi connectivity index (χ2n) is 7.84. The fourth-order valence-corrected chi connectivity index (χ4v) is 5.31. The molecule has 1 amide bonds. The normalized spacial score (nSPS) is 11.3. The number of nitrogens with zero attached hydrogens (tertiary/aromatic N) is 4. The van der Waals surface area contributed by atoms with Crippen LogP contribution in [0.3, 0.4) is 0 Å². The van der Waals surface area contributed by atoms with E-state index < -0.39 is 0 Å². The number of amides is 1. The highest BCUT2D eigenvalue weighted by Gasteiger charge is 2.18. The lowest BCUT2D eigenvalue weighted by Gasteiger charge is -2.08. The van der Waals surface area contributed by atoms with Gasteiger partial charge in [-0.05, 0) is 60.7 Å². The van der Waals surface area contributed by atoms with E-state index in [1.165, 1.54) is 23.5 Å². The van der Waals surface area contributed by atoms with Crippen molar-refractivity contribution < 1.29 is 9.18 Å². The molecule has 4 heterocycles. The second kappa shape index (κ2) is 9.01. The summed E-state index contributed by atoms with van der Waals surface area (Å²) in [5, 5.41) is 4.90. The fourth-order valence-electron chi connectivity index (χ4n) is 3.81. The average molecular weight is 500 g/mol. The summed E-state index contributed by atoms with van der Waals surface area (Å²) in [6, 6.07) is 19.5. The Morgan fingerprint density at radius 3 is 2.63 bits per heavy atom. The number of fused-ring (bicyclic) bond motifs is 2. The van der Waals surface area contributed by atoms with Gasteiger partial charge in [0.2, 0.25) is 0 Å². The van der Waals surface area contributed by atoms with Gasteiger partial charge < -0.3 is 9.72 Å². The summed E-state index contributed by atoms with van der Waals surface area (Å²) in [5.74, 6) is 0.737. The third kappa shape index (κ3) is 4.31. The zero-order valence-corrected chi connectivity index (χ0v) is 19.9. The number of imidazole rings is 2.